The van der Waals surface area contributed by atoms with Crippen LogP contribution in [0, 0.1) is 0 Å². The lowest BCUT2D eigenvalue weighted by molar-refractivity contribution is -0.118. The van der Waals surface area contributed by atoms with Gasteiger partial charge in [-0.1, -0.05) is 0 Å². The lowest BCUT2D eigenvalue weighted by Gasteiger charge is -2.13. The Morgan fingerprint density at radius 1 is 1.26 bits per heavy atom. The van der Waals surface area contributed by atoms with Gasteiger partial charge in [-0.2, -0.15) is 0 Å². The Hall–Kier alpha value is -3.06. The summed E-state index contributed by atoms with van der Waals surface area (Å²) in [5.74, 6) is 0.311. The quantitative estimate of drug-likeness (QED) is 0.730. The maximum atomic E-state index is 12.6. The molecule has 0 radical (unpaired) electrons. The maximum absolute atomic E-state index is 12.6. The number of hydrogen-bond donors (Lipinski definition) is 2. The molecule has 1 atom stereocenters. The van der Waals surface area contributed by atoms with Crippen LogP contribution in [0.25, 0.3) is 6.08 Å². The molecule has 1 aliphatic heterocycles. The average Bonchev–Trinajstić information content (AvgIpc) is 3.39. The maximum Gasteiger partial charge on any atom is 0.268 e. The molecule has 0 aliphatic carbocycles. The van der Waals surface area contributed by atoms with E-state index in [1.807, 2.05) is 0 Å². The summed E-state index contributed by atoms with van der Waals surface area (Å²) in [7, 11) is 1.55. The van der Waals surface area contributed by atoms with Crippen molar-refractivity contribution in [3.05, 3.63) is 59.7 Å². The fourth-order valence-electron chi connectivity index (χ4n) is 2.72. The third-order valence-corrected chi connectivity index (χ3v) is 4.19. The van der Waals surface area contributed by atoms with Crippen molar-refractivity contribution in [3.63, 3.8) is 0 Å². The number of furan rings is 1. The van der Waals surface area contributed by atoms with Crippen LogP contribution in [-0.2, 0) is 9.53 Å². The molecule has 0 saturated carbocycles. The summed E-state index contributed by atoms with van der Waals surface area (Å²) in [6.07, 6.45) is 4.90. The van der Waals surface area contributed by atoms with Gasteiger partial charge < -0.3 is 24.5 Å². The van der Waals surface area contributed by atoms with Crippen molar-refractivity contribution >= 4 is 17.9 Å². The zero-order valence-corrected chi connectivity index (χ0v) is 15.1. The van der Waals surface area contributed by atoms with Crippen LogP contribution in [0.5, 0.6) is 5.75 Å². The van der Waals surface area contributed by atoms with Gasteiger partial charge in [-0.3, -0.25) is 9.59 Å². The van der Waals surface area contributed by atoms with Crippen LogP contribution in [0.15, 0.2) is 52.8 Å². The molecule has 1 aliphatic rings. The summed E-state index contributed by atoms with van der Waals surface area (Å²) in [5.41, 5.74) is 0.511. The number of nitrogens with one attached hydrogen (secondary N) is 2. The molecule has 7 heteroatoms. The Morgan fingerprint density at radius 3 is 2.70 bits per heavy atom. The van der Waals surface area contributed by atoms with Gasteiger partial charge in [0.2, 0.25) is 0 Å². The minimum atomic E-state index is -0.400. The molecule has 1 aromatic heterocycles. The Morgan fingerprint density at radius 2 is 2.07 bits per heavy atom. The molecule has 0 spiro atoms. The SMILES string of the molecule is COc1ccc(C(=O)N/C(=C\c2ccco2)C(=O)NCC2CCCO2)cc1. The van der Waals surface area contributed by atoms with Crippen LogP contribution in [-0.4, -0.2) is 38.2 Å². The molecule has 7 nitrogen and oxygen atoms in total. The van der Waals surface area contributed by atoms with Gasteiger partial charge in [0.25, 0.3) is 11.8 Å². The Labute approximate surface area is 157 Å². The fourth-order valence-corrected chi connectivity index (χ4v) is 2.72. The van der Waals surface area contributed by atoms with Gasteiger partial charge in [0, 0.05) is 24.8 Å². The summed E-state index contributed by atoms with van der Waals surface area (Å²) < 4.78 is 15.9. The van der Waals surface area contributed by atoms with Crippen molar-refractivity contribution < 1.29 is 23.5 Å². The van der Waals surface area contributed by atoms with E-state index in [1.165, 1.54) is 12.3 Å². The minimum Gasteiger partial charge on any atom is -0.497 e. The molecule has 2 N–H and O–H groups in total. The molecule has 27 heavy (non-hydrogen) atoms. The normalized spacial score (nSPS) is 16.8. The first kappa shape index (κ1) is 18.7. The summed E-state index contributed by atoms with van der Waals surface area (Å²) in [6.45, 7) is 1.11. The molecular formula is C20H22N2O5. The smallest absolute Gasteiger partial charge is 0.268 e. The van der Waals surface area contributed by atoms with Crippen molar-refractivity contribution in [1.82, 2.24) is 10.6 Å². The van der Waals surface area contributed by atoms with Crippen LogP contribution >= 0.6 is 0 Å². The first-order valence-corrected chi connectivity index (χ1v) is 8.76. The third-order valence-electron chi connectivity index (χ3n) is 4.19. The minimum absolute atomic E-state index is 0.0103. The zero-order chi connectivity index (χ0) is 19.1. The molecule has 1 saturated heterocycles. The van der Waals surface area contributed by atoms with E-state index in [-0.39, 0.29) is 11.8 Å². The highest BCUT2D eigenvalue weighted by molar-refractivity contribution is 6.05. The van der Waals surface area contributed by atoms with Gasteiger partial charge in [-0.15, -0.1) is 0 Å². The van der Waals surface area contributed by atoms with Crippen LogP contribution in [0.3, 0.4) is 0 Å². The topological polar surface area (TPSA) is 89.8 Å². The number of carbonyl (C=O) groups excluding carboxylic acids is 2. The summed E-state index contributed by atoms with van der Waals surface area (Å²) >= 11 is 0. The molecule has 1 fully saturated rings. The van der Waals surface area contributed by atoms with Crippen molar-refractivity contribution in [2.45, 2.75) is 18.9 Å². The van der Waals surface area contributed by atoms with E-state index in [2.05, 4.69) is 10.6 Å². The van der Waals surface area contributed by atoms with Crippen molar-refractivity contribution in [1.29, 1.82) is 0 Å². The van der Waals surface area contributed by atoms with Gasteiger partial charge in [-0.05, 0) is 49.2 Å². The molecule has 0 bridgehead atoms. The first-order chi connectivity index (χ1) is 13.2. The fraction of sp³-hybridized carbons (Fsp3) is 0.300. The summed E-state index contributed by atoms with van der Waals surface area (Å²) in [5, 5.41) is 5.46. The third kappa shape index (κ3) is 5.21. The van der Waals surface area contributed by atoms with Crippen LogP contribution in [0.4, 0.5) is 0 Å². The Bertz CT molecular complexity index is 790. The van der Waals surface area contributed by atoms with E-state index in [0.717, 1.165) is 12.8 Å². The monoisotopic (exact) mass is 370 g/mol. The second-order valence-corrected chi connectivity index (χ2v) is 6.10. The first-order valence-electron chi connectivity index (χ1n) is 8.76. The van der Waals surface area contributed by atoms with E-state index >= 15 is 0 Å². The van der Waals surface area contributed by atoms with Crippen molar-refractivity contribution in [2.75, 3.05) is 20.3 Å². The lowest BCUT2D eigenvalue weighted by Crippen LogP contribution is -2.38. The lowest BCUT2D eigenvalue weighted by atomic mass is 10.2. The number of hydrogen-bond acceptors (Lipinski definition) is 5. The highest BCUT2D eigenvalue weighted by Gasteiger charge is 2.19. The molecule has 1 unspecified atom stereocenters. The van der Waals surface area contributed by atoms with Crippen LogP contribution < -0.4 is 15.4 Å². The van der Waals surface area contributed by atoms with Gasteiger partial charge in [0.15, 0.2) is 0 Å². The number of benzene rings is 1. The van der Waals surface area contributed by atoms with Crippen molar-refractivity contribution in [3.8, 4) is 5.75 Å². The van der Waals surface area contributed by atoms with Gasteiger partial charge in [-0.25, -0.2) is 0 Å². The van der Waals surface area contributed by atoms with E-state index in [4.69, 9.17) is 13.9 Å². The van der Waals surface area contributed by atoms with Crippen LogP contribution in [0.2, 0.25) is 0 Å². The summed E-state index contributed by atoms with van der Waals surface area (Å²) in [6, 6.07) is 10.0. The second-order valence-electron chi connectivity index (χ2n) is 6.10. The highest BCUT2D eigenvalue weighted by atomic mass is 16.5. The number of ether oxygens (including phenoxy) is 2. The molecule has 142 valence electrons. The molecule has 1 aromatic carbocycles. The van der Waals surface area contributed by atoms with E-state index in [9.17, 15) is 9.59 Å². The van der Waals surface area contributed by atoms with Gasteiger partial charge in [0.05, 0.1) is 19.5 Å². The Kier molecular flexibility index (Phi) is 6.27. The molecule has 2 amide bonds. The average molecular weight is 370 g/mol. The predicted molar refractivity (Wildman–Crippen MR) is 99.1 cm³/mol. The number of amides is 2. The molecule has 3 rings (SSSR count). The molecular weight excluding hydrogens is 348 g/mol. The largest absolute Gasteiger partial charge is 0.497 e. The zero-order valence-electron chi connectivity index (χ0n) is 15.1. The Balaban J connectivity index is 1.70. The molecule has 2 aromatic rings. The number of rotatable bonds is 7. The van der Waals surface area contributed by atoms with Gasteiger partial charge >= 0.3 is 0 Å². The van der Waals surface area contributed by atoms with Crippen molar-refractivity contribution in [2.24, 2.45) is 0 Å². The van der Waals surface area contributed by atoms with Gasteiger partial charge in [0.1, 0.15) is 17.2 Å². The highest BCUT2D eigenvalue weighted by Crippen LogP contribution is 2.13. The summed E-state index contributed by atoms with van der Waals surface area (Å²) in [4.78, 5) is 25.1. The number of carbonyl (C=O) groups is 2. The van der Waals surface area contributed by atoms with E-state index in [1.54, 1.807) is 43.5 Å². The van der Waals surface area contributed by atoms with E-state index < -0.39 is 11.8 Å². The molecule has 2 heterocycles. The van der Waals surface area contributed by atoms with E-state index in [0.29, 0.717) is 30.2 Å². The predicted octanol–water partition coefficient (Wildman–Crippen LogP) is 2.35. The standard InChI is InChI=1S/C20H22N2O5/c1-25-15-8-6-14(7-9-15)19(23)22-18(12-16-4-2-10-26-16)20(24)21-13-17-5-3-11-27-17/h2,4,6-10,12,17H,3,5,11,13H2,1H3,(H,21,24)(H,22,23)/b18-12-. The van der Waals surface area contributed by atoms with Crippen LogP contribution in [0.1, 0.15) is 29.0 Å². The second kappa shape index (κ2) is 9.05. The number of methoxy groups -OCH3 is 1.